The zero-order valence-electron chi connectivity index (χ0n) is 14.4. The highest BCUT2D eigenvalue weighted by Crippen LogP contribution is 2.11. The molecule has 0 atom stereocenters. The molecule has 0 saturated heterocycles. The third kappa shape index (κ3) is 17.3. The normalized spacial score (nSPS) is 11.2. The van der Waals surface area contributed by atoms with E-state index in [9.17, 15) is 4.79 Å². The summed E-state index contributed by atoms with van der Waals surface area (Å²) in [7, 11) is 4.27. The first kappa shape index (κ1) is 22.7. The van der Waals surface area contributed by atoms with E-state index in [-0.39, 0.29) is 11.9 Å². The Morgan fingerprint density at radius 3 is 1.67 bits per heavy atom. The molecule has 0 amide bonds. The number of hydrogen-bond acceptors (Lipinski definition) is 2. The summed E-state index contributed by atoms with van der Waals surface area (Å²) in [5.74, 6) is -0.681. The maximum Gasteiger partial charge on any atom is 0.309 e. The molecule has 21 heavy (non-hydrogen) atoms. The number of nitrogens with zero attached hydrogens (tertiary/aromatic N) is 1. The van der Waals surface area contributed by atoms with E-state index in [0.717, 1.165) is 17.6 Å². The molecule has 0 radical (unpaired) electrons. The number of rotatable bonds is 14. The maximum absolute atomic E-state index is 10.6. The number of carboxylic acid groups (broad SMARTS) is 1. The Morgan fingerprint density at radius 2 is 1.24 bits per heavy atom. The predicted octanol–water partition coefficient (Wildman–Crippen LogP) is 4.28. The van der Waals surface area contributed by atoms with Crippen LogP contribution in [0.25, 0.3) is 0 Å². The summed E-state index contributed by atoms with van der Waals surface area (Å²) < 4.78 is 0.837. The highest BCUT2D eigenvalue weighted by atomic mass is 16.4. The van der Waals surface area contributed by atoms with Crippen LogP contribution in [0.5, 0.6) is 0 Å². The Hall–Kier alpha value is -0.610. The summed E-state index contributed by atoms with van der Waals surface area (Å²) >= 11 is 0. The van der Waals surface area contributed by atoms with Crippen LogP contribution in [0.15, 0.2) is 0 Å². The Labute approximate surface area is 131 Å². The number of quaternary nitrogens is 1. The van der Waals surface area contributed by atoms with E-state index in [1.54, 1.807) is 0 Å². The molecular weight excluding hydrogens is 266 g/mol. The average molecular weight is 303 g/mol. The number of unbranched alkanes of at least 4 members (excludes halogenated alkanes) is 9. The van der Waals surface area contributed by atoms with Crippen molar-refractivity contribution in [3.05, 3.63) is 0 Å². The topological polar surface area (TPSA) is 67.3 Å². The third-order valence-corrected chi connectivity index (χ3v) is 4.05. The smallest absolute Gasteiger partial charge is 0.309 e. The van der Waals surface area contributed by atoms with Crippen LogP contribution >= 0.6 is 0 Å². The van der Waals surface area contributed by atoms with E-state index in [1.807, 2.05) is 0 Å². The van der Waals surface area contributed by atoms with Crippen LogP contribution < -0.4 is 0 Å². The van der Waals surface area contributed by atoms with Gasteiger partial charge in [-0.3, -0.25) is 4.79 Å². The number of aliphatic carboxylic acids is 1. The molecule has 0 bridgehead atoms. The van der Waals surface area contributed by atoms with Gasteiger partial charge in [0.1, 0.15) is 0 Å². The summed E-state index contributed by atoms with van der Waals surface area (Å²) in [6, 6.07) is 0. The van der Waals surface area contributed by atoms with Crippen LogP contribution in [0, 0.1) is 0 Å². The van der Waals surface area contributed by atoms with E-state index in [0.29, 0.717) is 0 Å². The van der Waals surface area contributed by atoms with Crippen molar-refractivity contribution in [2.75, 3.05) is 27.2 Å². The van der Waals surface area contributed by atoms with E-state index < -0.39 is 5.97 Å². The van der Waals surface area contributed by atoms with Gasteiger partial charge < -0.3 is 15.1 Å². The highest BCUT2D eigenvalue weighted by Gasteiger charge is 2.15. The molecule has 2 N–H and O–H groups in total. The molecule has 0 unspecified atom stereocenters. The number of carboxylic acids is 1. The fourth-order valence-corrected chi connectivity index (χ4v) is 2.54. The SMILES string of the molecule is CCCCCCCCCCCC[N+](C)(C)CCC(=O)O.[OH-]. The van der Waals surface area contributed by atoms with E-state index in [1.165, 1.54) is 64.2 Å². The van der Waals surface area contributed by atoms with Crippen LogP contribution in [-0.2, 0) is 4.79 Å². The number of hydrogen-bond donors (Lipinski definition) is 1. The molecule has 0 fully saturated rings. The van der Waals surface area contributed by atoms with Crippen LogP contribution in [0.1, 0.15) is 77.6 Å². The quantitative estimate of drug-likeness (QED) is 0.384. The van der Waals surface area contributed by atoms with Crippen molar-refractivity contribution in [3.8, 4) is 0 Å². The molecule has 4 heteroatoms. The molecular formula is C17H37NO3. The van der Waals surface area contributed by atoms with Crippen LogP contribution in [-0.4, -0.2) is 48.2 Å². The predicted molar refractivity (Wildman–Crippen MR) is 87.9 cm³/mol. The highest BCUT2D eigenvalue weighted by molar-refractivity contribution is 5.66. The van der Waals surface area contributed by atoms with E-state index in [4.69, 9.17) is 5.11 Å². The molecule has 128 valence electrons. The lowest BCUT2D eigenvalue weighted by Gasteiger charge is -2.29. The van der Waals surface area contributed by atoms with Crippen molar-refractivity contribution in [1.29, 1.82) is 0 Å². The van der Waals surface area contributed by atoms with Crippen molar-refractivity contribution in [3.63, 3.8) is 0 Å². The minimum atomic E-state index is -0.681. The minimum absolute atomic E-state index is 0. The molecule has 0 aromatic rings. The summed E-state index contributed by atoms with van der Waals surface area (Å²) in [4.78, 5) is 10.6. The van der Waals surface area contributed by atoms with Gasteiger partial charge in [-0.25, -0.2) is 0 Å². The van der Waals surface area contributed by atoms with Gasteiger partial charge in [0.25, 0.3) is 0 Å². The average Bonchev–Trinajstić information content (AvgIpc) is 2.39. The summed E-state index contributed by atoms with van der Waals surface area (Å²) in [6.07, 6.45) is 13.8. The van der Waals surface area contributed by atoms with Crippen LogP contribution in [0.2, 0.25) is 0 Å². The summed E-state index contributed by atoms with van der Waals surface area (Å²) in [5, 5.41) is 8.71. The molecule has 0 spiro atoms. The lowest BCUT2D eigenvalue weighted by molar-refractivity contribution is -0.890. The summed E-state index contributed by atoms with van der Waals surface area (Å²) in [5.41, 5.74) is 0. The summed E-state index contributed by atoms with van der Waals surface area (Å²) in [6.45, 7) is 4.10. The molecule has 4 nitrogen and oxygen atoms in total. The van der Waals surface area contributed by atoms with Gasteiger partial charge in [0.15, 0.2) is 0 Å². The van der Waals surface area contributed by atoms with Gasteiger partial charge >= 0.3 is 5.97 Å². The first-order valence-electron chi connectivity index (χ1n) is 8.52. The van der Waals surface area contributed by atoms with Crippen molar-refractivity contribution in [2.24, 2.45) is 0 Å². The number of carbonyl (C=O) groups is 1. The zero-order valence-corrected chi connectivity index (χ0v) is 14.4. The van der Waals surface area contributed by atoms with Gasteiger partial charge in [-0.1, -0.05) is 58.3 Å². The van der Waals surface area contributed by atoms with Crippen molar-refractivity contribution >= 4 is 5.97 Å². The monoisotopic (exact) mass is 303 g/mol. The van der Waals surface area contributed by atoms with Gasteiger partial charge in [0.2, 0.25) is 0 Å². The van der Waals surface area contributed by atoms with Gasteiger partial charge in [-0.15, -0.1) is 0 Å². The fourth-order valence-electron chi connectivity index (χ4n) is 2.54. The van der Waals surface area contributed by atoms with Gasteiger partial charge in [0, 0.05) is 0 Å². The Bertz CT molecular complexity index is 242. The van der Waals surface area contributed by atoms with Crippen LogP contribution in [0.3, 0.4) is 0 Å². The second-order valence-corrected chi connectivity index (χ2v) is 6.71. The Morgan fingerprint density at radius 1 is 0.810 bits per heavy atom. The second-order valence-electron chi connectivity index (χ2n) is 6.71. The molecule has 0 rings (SSSR count). The first-order chi connectivity index (χ1) is 9.48. The van der Waals surface area contributed by atoms with Gasteiger partial charge in [-0.05, 0) is 12.8 Å². The standard InChI is InChI=1S/C17H35NO2.H2O/c1-4-5-6-7-8-9-10-11-12-13-15-18(2,3)16-14-17(19)20;/h4-16H2,1-3H3;1H2. The minimum Gasteiger partial charge on any atom is -0.870 e. The molecule has 0 aromatic heterocycles. The first-order valence-corrected chi connectivity index (χ1v) is 8.52. The molecule has 0 saturated carbocycles. The Kier molecular flexibility index (Phi) is 15.5. The third-order valence-electron chi connectivity index (χ3n) is 4.05. The molecule has 0 aliphatic rings. The zero-order chi connectivity index (χ0) is 15.3. The second kappa shape index (κ2) is 14.3. The van der Waals surface area contributed by atoms with E-state index in [2.05, 4.69) is 21.0 Å². The van der Waals surface area contributed by atoms with Crippen molar-refractivity contribution in [1.82, 2.24) is 0 Å². The Balaban J connectivity index is 0. The molecule has 0 aromatic carbocycles. The van der Waals surface area contributed by atoms with Crippen molar-refractivity contribution < 1.29 is 19.9 Å². The fraction of sp³-hybridized carbons (Fsp3) is 0.941. The van der Waals surface area contributed by atoms with Gasteiger partial charge in [0.05, 0.1) is 33.6 Å². The van der Waals surface area contributed by atoms with Crippen LogP contribution in [0.4, 0.5) is 0 Å². The largest absolute Gasteiger partial charge is 0.870 e. The van der Waals surface area contributed by atoms with Crippen molar-refractivity contribution in [2.45, 2.75) is 77.6 Å². The maximum atomic E-state index is 10.6. The lowest BCUT2D eigenvalue weighted by Crippen LogP contribution is -2.42. The van der Waals surface area contributed by atoms with Gasteiger partial charge in [-0.2, -0.15) is 0 Å². The van der Waals surface area contributed by atoms with E-state index >= 15 is 0 Å². The lowest BCUT2D eigenvalue weighted by atomic mass is 10.1. The molecule has 0 aliphatic heterocycles. The molecule has 0 aliphatic carbocycles. The molecule has 0 heterocycles.